The van der Waals surface area contributed by atoms with Crippen molar-refractivity contribution in [2.75, 3.05) is 32.9 Å². The van der Waals surface area contributed by atoms with Crippen molar-refractivity contribution in [2.24, 2.45) is 11.3 Å². The number of rotatable bonds is 10. The van der Waals surface area contributed by atoms with E-state index in [-0.39, 0.29) is 0 Å². The fourth-order valence-electron chi connectivity index (χ4n) is 3.47. The maximum Gasteiger partial charge on any atom is 0.0672 e. The van der Waals surface area contributed by atoms with Crippen LogP contribution in [0.25, 0.3) is 0 Å². The first-order valence-electron chi connectivity index (χ1n) is 8.22. The van der Waals surface area contributed by atoms with Crippen molar-refractivity contribution in [3.8, 4) is 0 Å². The Hall–Kier alpha value is -0.120. The molecule has 19 heavy (non-hydrogen) atoms. The third-order valence-corrected chi connectivity index (χ3v) is 4.62. The van der Waals surface area contributed by atoms with Gasteiger partial charge >= 0.3 is 0 Å². The molecule has 3 nitrogen and oxygen atoms in total. The van der Waals surface area contributed by atoms with Crippen LogP contribution in [-0.2, 0) is 9.47 Å². The summed E-state index contributed by atoms with van der Waals surface area (Å²) < 4.78 is 11.6. The Morgan fingerprint density at radius 3 is 2.84 bits per heavy atom. The molecule has 1 N–H and O–H groups in total. The van der Waals surface area contributed by atoms with Gasteiger partial charge in [0.05, 0.1) is 6.10 Å². The van der Waals surface area contributed by atoms with Crippen molar-refractivity contribution in [3.05, 3.63) is 0 Å². The van der Waals surface area contributed by atoms with E-state index >= 15 is 0 Å². The minimum Gasteiger partial charge on any atom is -0.382 e. The largest absolute Gasteiger partial charge is 0.382 e. The summed E-state index contributed by atoms with van der Waals surface area (Å²) >= 11 is 0. The van der Waals surface area contributed by atoms with E-state index in [0.29, 0.717) is 11.5 Å². The number of nitrogens with one attached hydrogen (secondary N) is 1. The van der Waals surface area contributed by atoms with Gasteiger partial charge in [-0.25, -0.2) is 0 Å². The maximum atomic E-state index is 6.10. The highest BCUT2D eigenvalue weighted by Crippen LogP contribution is 2.49. The molecule has 1 aliphatic heterocycles. The van der Waals surface area contributed by atoms with Gasteiger partial charge in [0.15, 0.2) is 0 Å². The van der Waals surface area contributed by atoms with Crippen LogP contribution in [-0.4, -0.2) is 39.0 Å². The summed E-state index contributed by atoms with van der Waals surface area (Å²) in [5, 5.41) is 3.65. The van der Waals surface area contributed by atoms with E-state index < -0.39 is 0 Å². The first-order valence-corrected chi connectivity index (χ1v) is 8.22. The van der Waals surface area contributed by atoms with Crippen LogP contribution in [0.2, 0.25) is 0 Å². The van der Waals surface area contributed by atoms with E-state index in [0.717, 1.165) is 38.8 Å². The average molecular weight is 269 g/mol. The normalized spacial score (nSPS) is 30.9. The van der Waals surface area contributed by atoms with E-state index in [1.54, 1.807) is 0 Å². The molecule has 2 atom stereocenters. The molecule has 1 saturated heterocycles. The molecule has 3 heteroatoms. The Kier molecular flexibility index (Phi) is 6.11. The van der Waals surface area contributed by atoms with E-state index in [4.69, 9.17) is 9.47 Å². The first-order chi connectivity index (χ1) is 9.32. The Bertz CT molecular complexity index is 255. The fraction of sp³-hybridized carbons (Fsp3) is 1.00. The molecule has 1 aliphatic carbocycles. The van der Waals surface area contributed by atoms with Crippen molar-refractivity contribution in [3.63, 3.8) is 0 Å². The summed E-state index contributed by atoms with van der Waals surface area (Å²) in [6.07, 6.45) is 8.15. The van der Waals surface area contributed by atoms with Crippen molar-refractivity contribution in [2.45, 2.75) is 58.5 Å². The molecule has 0 aromatic carbocycles. The van der Waals surface area contributed by atoms with Gasteiger partial charge < -0.3 is 14.8 Å². The molecule has 0 spiro atoms. The predicted octanol–water partition coefficient (Wildman–Crippen LogP) is 2.99. The SMILES string of the molecule is CCCNCC1(CCCOCC)CCOC1C1CC1. The lowest BCUT2D eigenvalue weighted by Crippen LogP contribution is -2.42. The molecule has 2 aliphatic rings. The highest BCUT2D eigenvalue weighted by molar-refractivity contribution is 5.00. The summed E-state index contributed by atoms with van der Waals surface area (Å²) in [6.45, 7) is 9.28. The van der Waals surface area contributed by atoms with Crippen LogP contribution < -0.4 is 5.32 Å². The minimum atomic E-state index is 0.382. The lowest BCUT2D eigenvalue weighted by atomic mass is 9.75. The maximum absolute atomic E-state index is 6.10. The zero-order chi connectivity index (χ0) is 13.6. The quantitative estimate of drug-likeness (QED) is 0.618. The van der Waals surface area contributed by atoms with Crippen LogP contribution in [0, 0.1) is 11.3 Å². The molecule has 112 valence electrons. The Morgan fingerprint density at radius 1 is 1.32 bits per heavy atom. The molecule has 0 amide bonds. The van der Waals surface area contributed by atoms with Gasteiger partial charge in [-0.15, -0.1) is 0 Å². The van der Waals surface area contributed by atoms with Crippen LogP contribution in [0.5, 0.6) is 0 Å². The van der Waals surface area contributed by atoms with Gasteiger partial charge in [-0.05, 0) is 57.9 Å². The second-order valence-corrected chi connectivity index (χ2v) is 6.22. The summed E-state index contributed by atoms with van der Waals surface area (Å²) in [5.41, 5.74) is 0.382. The van der Waals surface area contributed by atoms with E-state index in [2.05, 4.69) is 19.2 Å². The van der Waals surface area contributed by atoms with Gasteiger partial charge in [0.25, 0.3) is 0 Å². The van der Waals surface area contributed by atoms with Crippen LogP contribution >= 0.6 is 0 Å². The van der Waals surface area contributed by atoms with Gasteiger partial charge in [-0.3, -0.25) is 0 Å². The van der Waals surface area contributed by atoms with Crippen LogP contribution in [0.3, 0.4) is 0 Å². The standard InChI is InChI=1S/C16H31NO2/c1-3-10-17-13-16(8-5-11-18-4-2)9-12-19-15(16)14-6-7-14/h14-15,17H,3-13H2,1-2H3. The topological polar surface area (TPSA) is 30.5 Å². The van der Waals surface area contributed by atoms with Crippen molar-refractivity contribution in [1.29, 1.82) is 0 Å². The lowest BCUT2D eigenvalue weighted by molar-refractivity contribution is 0.0210. The summed E-state index contributed by atoms with van der Waals surface area (Å²) in [7, 11) is 0. The van der Waals surface area contributed by atoms with E-state index in [9.17, 15) is 0 Å². The molecule has 2 unspecified atom stereocenters. The fourth-order valence-corrected chi connectivity index (χ4v) is 3.47. The van der Waals surface area contributed by atoms with Gasteiger partial charge in [0.1, 0.15) is 0 Å². The summed E-state index contributed by atoms with van der Waals surface area (Å²) in [4.78, 5) is 0. The van der Waals surface area contributed by atoms with Gasteiger partial charge in [-0.2, -0.15) is 0 Å². The van der Waals surface area contributed by atoms with Crippen molar-refractivity contribution in [1.82, 2.24) is 5.32 Å². The van der Waals surface area contributed by atoms with Crippen LogP contribution in [0.15, 0.2) is 0 Å². The smallest absolute Gasteiger partial charge is 0.0672 e. The van der Waals surface area contributed by atoms with Crippen molar-refractivity contribution < 1.29 is 9.47 Å². The monoisotopic (exact) mass is 269 g/mol. The molecule has 0 aromatic heterocycles. The second kappa shape index (κ2) is 7.61. The molecule has 1 saturated carbocycles. The van der Waals surface area contributed by atoms with Gasteiger partial charge in [0.2, 0.25) is 0 Å². The number of ether oxygens (including phenoxy) is 2. The average Bonchev–Trinajstić information content (AvgIpc) is 3.18. The molecule has 0 radical (unpaired) electrons. The minimum absolute atomic E-state index is 0.382. The summed E-state index contributed by atoms with van der Waals surface area (Å²) in [5.74, 6) is 0.845. The van der Waals surface area contributed by atoms with Crippen molar-refractivity contribution >= 4 is 0 Å². The third-order valence-electron chi connectivity index (χ3n) is 4.62. The second-order valence-electron chi connectivity index (χ2n) is 6.22. The Balaban J connectivity index is 1.87. The molecule has 2 fully saturated rings. The highest BCUT2D eigenvalue weighted by atomic mass is 16.5. The zero-order valence-corrected chi connectivity index (χ0v) is 12.7. The summed E-state index contributed by atoms with van der Waals surface area (Å²) in [6, 6.07) is 0. The van der Waals surface area contributed by atoms with Crippen LogP contribution in [0.4, 0.5) is 0 Å². The molecular weight excluding hydrogens is 238 g/mol. The molecule has 0 aromatic rings. The molecule has 2 rings (SSSR count). The van der Waals surface area contributed by atoms with Gasteiger partial charge in [0, 0.05) is 31.8 Å². The number of hydrogen-bond donors (Lipinski definition) is 1. The Morgan fingerprint density at radius 2 is 2.16 bits per heavy atom. The predicted molar refractivity (Wildman–Crippen MR) is 78.4 cm³/mol. The van der Waals surface area contributed by atoms with Crippen LogP contribution in [0.1, 0.15) is 52.4 Å². The highest BCUT2D eigenvalue weighted by Gasteiger charge is 2.50. The number of hydrogen-bond acceptors (Lipinski definition) is 3. The molecular formula is C16H31NO2. The van der Waals surface area contributed by atoms with Gasteiger partial charge in [-0.1, -0.05) is 6.92 Å². The van der Waals surface area contributed by atoms with E-state index in [1.165, 1.54) is 38.5 Å². The Labute approximate surface area is 118 Å². The third kappa shape index (κ3) is 4.17. The lowest BCUT2D eigenvalue weighted by Gasteiger charge is -2.35. The zero-order valence-electron chi connectivity index (χ0n) is 12.7. The van der Waals surface area contributed by atoms with E-state index in [1.807, 2.05) is 0 Å². The molecule has 1 heterocycles. The molecule has 0 bridgehead atoms. The first kappa shape index (κ1) is 15.3.